The fraction of sp³-hybridized carbons (Fsp3) is 0.481. The summed E-state index contributed by atoms with van der Waals surface area (Å²) in [4.78, 5) is 35.0. The Morgan fingerprint density at radius 3 is 1.36 bits per heavy atom. The van der Waals surface area contributed by atoms with Gasteiger partial charge >= 0.3 is 12.2 Å². The summed E-state index contributed by atoms with van der Waals surface area (Å²) in [5, 5.41) is 26.6. The van der Waals surface area contributed by atoms with Crippen LogP contribution in [0.3, 0.4) is 0 Å². The number of sulfonamides is 2. The van der Waals surface area contributed by atoms with Crippen LogP contribution in [-0.2, 0) is 29.5 Å². The first kappa shape index (κ1) is 64.9. The molecule has 0 bridgehead atoms. The van der Waals surface area contributed by atoms with Crippen molar-refractivity contribution < 1.29 is 35.9 Å². The first-order valence-electron chi connectivity index (χ1n) is 26.3. The number of carbonyl (C=O) groups is 2. The summed E-state index contributed by atoms with van der Waals surface area (Å²) in [7, 11) is -7.65. The van der Waals surface area contributed by atoms with E-state index in [0.717, 1.165) is 71.1 Å². The number of alkyl carbamates (subject to hydrolysis) is 2. The maximum atomic E-state index is 13.5. The fourth-order valence-corrected chi connectivity index (χ4v) is 14.8. The zero-order valence-corrected chi connectivity index (χ0v) is 52.4. The van der Waals surface area contributed by atoms with Crippen LogP contribution in [0.5, 0.6) is 0 Å². The fourth-order valence-electron chi connectivity index (χ4n) is 8.74. The minimum atomic E-state index is -3.88. The topological polar surface area (TPSA) is 284 Å². The average Bonchev–Trinajstić information content (AvgIpc) is 4.26. The molecule has 81 heavy (non-hydrogen) atoms. The third-order valence-corrected chi connectivity index (χ3v) is 18.6. The Morgan fingerprint density at radius 2 is 0.975 bits per heavy atom. The zero-order chi connectivity index (χ0) is 59.5. The van der Waals surface area contributed by atoms with Gasteiger partial charge in [-0.3, -0.25) is 0 Å². The molecule has 8 rings (SSSR count). The Bertz CT molecular complexity index is 3260. The summed E-state index contributed by atoms with van der Waals surface area (Å²) in [5.74, 6) is 0.964. The highest BCUT2D eigenvalue weighted by Crippen LogP contribution is 2.42. The van der Waals surface area contributed by atoms with Crippen molar-refractivity contribution in [1.82, 2.24) is 50.4 Å². The molecular formula is C54H71Cl3N12O8S4. The molecule has 4 heterocycles. The van der Waals surface area contributed by atoms with E-state index < -0.39 is 31.1 Å². The number of nitrogens with two attached hydrogens (primary N) is 1. The van der Waals surface area contributed by atoms with Crippen LogP contribution in [0.25, 0.3) is 20.9 Å². The van der Waals surface area contributed by atoms with Crippen LogP contribution in [0.15, 0.2) is 82.8 Å². The second-order valence-corrected chi connectivity index (χ2v) is 28.7. The van der Waals surface area contributed by atoms with Crippen molar-refractivity contribution in [2.75, 3.05) is 11.1 Å². The molecule has 2 amide bonds. The largest absolute Gasteiger partial charge is 0.447 e. The molecule has 0 radical (unpaired) electrons. The lowest BCUT2D eigenvalue weighted by molar-refractivity contribution is 0.108. The second kappa shape index (κ2) is 28.3. The highest BCUT2D eigenvalue weighted by atomic mass is 35.5. The summed E-state index contributed by atoms with van der Waals surface area (Å²) in [6, 6.07) is 16.7. The molecule has 27 heteroatoms. The molecule has 0 unspecified atom stereocenters. The third-order valence-electron chi connectivity index (χ3n) is 12.0. The number of hydrogen-bond acceptors (Lipinski definition) is 18. The maximum absolute atomic E-state index is 13.5. The van der Waals surface area contributed by atoms with Crippen LogP contribution in [-0.4, -0.2) is 94.8 Å². The van der Waals surface area contributed by atoms with E-state index in [1.165, 1.54) is 28.7 Å². The van der Waals surface area contributed by atoms with Crippen molar-refractivity contribution in [3.63, 3.8) is 0 Å². The summed E-state index contributed by atoms with van der Waals surface area (Å²) >= 11 is 19.6. The predicted octanol–water partition coefficient (Wildman–Crippen LogP) is 12.6. The first-order chi connectivity index (χ1) is 37.9. The van der Waals surface area contributed by atoms with E-state index in [1.54, 1.807) is 109 Å². The molecule has 7 N–H and O–H groups in total. The molecule has 2 aliphatic carbocycles. The number of benzene rings is 2. The lowest BCUT2D eigenvalue weighted by Crippen LogP contribution is -2.40. The Kier molecular flexibility index (Phi) is 22.7. The number of ether oxygens (including phenoxy) is 2. The van der Waals surface area contributed by atoms with Crippen LogP contribution in [0.2, 0.25) is 15.5 Å². The molecule has 2 aromatic carbocycles. The molecule has 440 valence electrons. The van der Waals surface area contributed by atoms with Gasteiger partial charge in [0, 0.05) is 69.9 Å². The van der Waals surface area contributed by atoms with Crippen LogP contribution in [0.4, 0.5) is 26.8 Å². The van der Waals surface area contributed by atoms with Crippen molar-refractivity contribution in [2.24, 2.45) is 0 Å². The van der Waals surface area contributed by atoms with Crippen molar-refractivity contribution in [3.05, 3.63) is 98.5 Å². The van der Waals surface area contributed by atoms with Gasteiger partial charge in [0.15, 0.2) is 21.3 Å². The SMILES string of the molecule is CC(C)OC(=O)NC1CCC(c2ncc(-c3ccc(N)cc3S(=O)(=O)NC(C)(C)C)s2)CC1.CC(C)OC(=O)NC1CCC(c2ncc(-c3ccc(Nc4ccc(Cl)nn4)cc3S(=O)(=O)NC(C)(C)C)s2)CC1.Clc1ccc(Cl)nn1. The number of anilines is 3. The van der Waals surface area contributed by atoms with Crippen molar-refractivity contribution in [1.29, 1.82) is 0 Å². The van der Waals surface area contributed by atoms with E-state index in [2.05, 4.69) is 55.8 Å². The molecule has 0 aliphatic heterocycles. The van der Waals surface area contributed by atoms with Gasteiger partial charge in [-0.15, -0.1) is 43.1 Å². The molecular weight excluding hydrogens is 1180 g/mol. The number of hydrogen-bond donors (Lipinski definition) is 6. The molecule has 0 saturated heterocycles. The normalized spacial score (nSPS) is 17.7. The molecule has 2 fully saturated rings. The number of thiazole rings is 2. The molecule has 6 aromatic rings. The van der Waals surface area contributed by atoms with E-state index in [4.69, 9.17) is 50.0 Å². The Morgan fingerprint density at radius 1 is 0.580 bits per heavy atom. The molecule has 4 aromatic heterocycles. The van der Waals surface area contributed by atoms with Gasteiger partial charge < -0.3 is 31.2 Å². The lowest BCUT2D eigenvalue weighted by atomic mass is 9.86. The summed E-state index contributed by atoms with van der Waals surface area (Å²) in [5.41, 5.74) is 6.72. The van der Waals surface area contributed by atoms with E-state index in [9.17, 15) is 26.4 Å². The first-order valence-corrected chi connectivity index (χ1v) is 32.0. The Labute approximate surface area is 498 Å². The Balaban J connectivity index is 0.000000232. The van der Waals surface area contributed by atoms with Crippen molar-refractivity contribution >= 4 is 107 Å². The van der Waals surface area contributed by atoms with Crippen LogP contribution in [0.1, 0.15) is 142 Å². The minimum Gasteiger partial charge on any atom is -0.447 e. The van der Waals surface area contributed by atoms with Crippen molar-refractivity contribution in [2.45, 2.75) is 178 Å². The molecule has 0 atom stereocenters. The molecule has 20 nitrogen and oxygen atoms in total. The van der Waals surface area contributed by atoms with Crippen LogP contribution >= 0.6 is 57.5 Å². The predicted molar refractivity (Wildman–Crippen MR) is 322 cm³/mol. The zero-order valence-electron chi connectivity index (χ0n) is 46.8. The number of halogens is 3. The van der Waals surface area contributed by atoms with E-state index in [0.29, 0.717) is 38.6 Å². The monoisotopic (exact) mass is 1250 g/mol. The van der Waals surface area contributed by atoms with E-state index in [-0.39, 0.29) is 63.3 Å². The van der Waals surface area contributed by atoms with Crippen LogP contribution < -0.4 is 31.1 Å². The van der Waals surface area contributed by atoms with Gasteiger partial charge in [-0.05, 0) is 169 Å². The maximum Gasteiger partial charge on any atom is 0.407 e. The number of nitrogens with one attached hydrogen (secondary N) is 5. The third kappa shape index (κ3) is 20.5. The van der Waals surface area contributed by atoms with Crippen molar-refractivity contribution in [3.8, 4) is 20.9 Å². The van der Waals surface area contributed by atoms with Gasteiger partial charge in [0.1, 0.15) is 0 Å². The molecule has 2 saturated carbocycles. The average molecular weight is 1250 g/mol. The highest BCUT2D eigenvalue weighted by molar-refractivity contribution is 7.90. The van der Waals surface area contributed by atoms with E-state index >= 15 is 0 Å². The van der Waals surface area contributed by atoms with E-state index in [1.807, 2.05) is 27.7 Å². The van der Waals surface area contributed by atoms with Gasteiger partial charge in [-0.2, -0.15) is 0 Å². The number of aromatic nitrogens is 6. The molecule has 0 spiro atoms. The molecule has 2 aliphatic rings. The lowest BCUT2D eigenvalue weighted by Gasteiger charge is -2.28. The highest BCUT2D eigenvalue weighted by Gasteiger charge is 2.31. The smallest absolute Gasteiger partial charge is 0.407 e. The number of amides is 2. The summed E-state index contributed by atoms with van der Waals surface area (Å²) in [6.45, 7) is 18.1. The van der Waals surface area contributed by atoms with Gasteiger partial charge in [0.05, 0.1) is 41.8 Å². The van der Waals surface area contributed by atoms with Gasteiger partial charge in [-0.25, -0.2) is 45.8 Å². The minimum absolute atomic E-state index is 0.0764. The number of nitrogens with zero attached hydrogens (tertiary/aromatic N) is 6. The van der Waals surface area contributed by atoms with Gasteiger partial charge in [0.2, 0.25) is 20.0 Å². The summed E-state index contributed by atoms with van der Waals surface area (Å²) in [6.07, 6.45) is 9.35. The number of rotatable bonds is 14. The van der Waals surface area contributed by atoms with Gasteiger partial charge in [-0.1, -0.05) is 46.9 Å². The number of carbonyl (C=O) groups excluding carboxylic acids is 2. The summed E-state index contributed by atoms with van der Waals surface area (Å²) < 4.78 is 69.1. The quantitative estimate of drug-likeness (QED) is 0.0553. The standard InChI is InChI=1S/C27H35ClN6O4S2.C23H34N4O4S2.C4H2Cl2N2/c1-16(2)38-26(35)31-18-8-6-17(7-9-18)25-29-15-21(39-25)20-11-10-19(30-24-13-12-23(28)32-33-24)14-22(20)40(36,37)34-27(3,4)5;1-14(2)31-22(28)26-17-9-6-15(7-10-17)21-25-13-19(32-21)18-11-8-16(24)12-20(18)33(29,30)27-23(3,4)5;5-3-1-2-4(6)8-7-3/h10-18,34H,6-9H2,1-5H3,(H,30,33)(H,31,35);8,11-15,17,27H,6-7,9-10,24H2,1-5H3,(H,26,28);1-2H. The Hall–Kier alpha value is -5.31. The van der Waals surface area contributed by atoms with Gasteiger partial charge in [0.25, 0.3) is 0 Å². The number of nitrogen functional groups attached to an aromatic ring is 1. The second-order valence-electron chi connectivity index (χ2n) is 22.1. The van der Waals surface area contributed by atoms with Crippen LogP contribution in [0, 0.1) is 0 Å².